The monoisotopic (exact) mass is 344 g/mol. The van der Waals surface area contributed by atoms with Crippen LogP contribution in [0.25, 0.3) is 21.3 Å². The average molecular weight is 344 g/mol. The highest BCUT2D eigenvalue weighted by Gasteiger charge is 2.16. The van der Waals surface area contributed by atoms with Gasteiger partial charge in [-0.1, -0.05) is 12.1 Å². The summed E-state index contributed by atoms with van der Waals surface area (Å²) in [5, 5.41) is 5.77. The van der Waals surface area contributed by atoms with E-state index in [9.17, 15) is 4.79 Å². The number of methoxy groups -OCH3 is 1. The zero-order valence-electron chi connectivity index (χ0n) is 13.7. The molecule has 0 radical (unpaired) electrons. The molecule has 0 bridgehead atoms. The Bertz CT molecular complexity index is 899. The third-order valence-electron chi connectivity index (χ3n) is 3.84. The standard InChI is InChI=1S/C17H20N4O2S/c1-3-21-16(22)14-13(11-4-6-12(23-2)7-5-11)10-24-15(14)20-17(21)19-9-8-18/h4-7,10H,3,8-9,18H2,1-2H3,(H,19,20). The quantitative estimate of drug-likeness (QED) is 0.718. The van der Waals surface area contributed by atoms with Gasteiger partial charge in [0.15, 0.2) is 0 Å². The van der Waals surface area contributed by atoms with Crippen molar-refractivity contribution < 1.29 is 4.74 Å². The van der Waals surface area contributed by atoms with Gasteiger partial charge in [0.05, 0.1) is 12.5 Å². The van der Waals surface area contributed by atoms with Crippen LogP contribution in [0.3, 0.4) is 0 Å². The first-order chi connectivity index (χ1) is 11.7. The molecule has 3 N–H and O–H groups in total. The Morgan fingerprint density at radius 1 is 1.33 bits per heavy atom. The molecule has 0 aliphatic heterocycles. The van der Waals surface area contributed by atoms with Crippen LogP contribution in [-0.2, 0) is 6.54 Å². The second kappa shape index (κ2) is 7.02. The number of hydrogen-bond acceptors (Lipinski definition) is 6. The van der Waals surface area contributed by atoms with E-state index >= 15 is 0 Å². The molecule has 24 heavy (non-hydrogen) atoms. The Morgan fingerprint density at radius 3 is 2.71 bits per heavy atom. The number of ether oxygens (including phenoxy) is 1. The number of thiophene rings is 1. The van der Waals surface area contributed by atoms with Crippen molar-refractivity contribution in [3.05, 3.63) is 40.0 Å². The van der Waals surface area contributed by atoms with Crippen molar-refractivity contribution in [2.75, 3.05) is 25.5 Å². The van der Waals surface area contributed by atoms with Crippen molar-refractivity contribution in [3.8, 4) is 16.9 Å². The van der Waals surface area contributed by atoms with E-state index in [2.05, 4.69) is 10.3 Å². The lowest BCUT2D eigenvalue weighted by atomic mass is 10.1. The summed E-state index contributed by atoms with van der Waals surface area (Å²) in [7, 11) is 1.63. The molecule has 7 heteroatoms. The molecule has 2 heterocycles. The van der Waals surface area contributed by atoms with Gasteiger partial charge in [0, 0.05) is 30.6 Å². The van der Waals surface area contributed by atoms with Gasteiger partial charge in [0.25, 0.3) is 5.56 Å². The highest BCUT2D eigenvalue weighted by atomic mass is 32.1. The Kier molecular flexibility index (Phi) is 4.82. The topological polar surface area (TPSA) is 82.2 Å². The Hall–Kier alpha value is -2.38. The molecule has 0 aliphatic carbocycles. The van der Waals surface area contributed by atoms with Crippen molar-refractivity contribution in [1.82, 2.24) is 9.55 Å². The molecule has 0 aliphatic rings. The lowest BCUT2D eigenvalue weighted by Crippen LogP contribution is -2.26. The van der Waals surface area contributed by atoms with Crippen LogP contribution in [0.15, 0.2) is 34.4 Å². The Balaban J connectivity index is 2.15. The van der Waals surface area contributed by atoms with Crippen LogP contribution >= 0.6 is 11.3 Å². The molecule has 0 spiro atoms. The number of rotatable bonds is 6. The number of nitrogens with two attached hydrogens (primary N) is 1. The van der Waals surface area contributed by atoms with Gasteiger partial charge in [-0.3, -0.25) is 9.36 Å². The summed E-state index contributed by atoms with van der Waals surface area (Å²) in [5.41, 5.74) is 7.39. The van der Waals surface area contributed by atoms with E-state index in [-0.39, 0.29) is 5.56 Å². The van der Waals surface area contributed by atoms with Gasteiger partial charge < -0.3 is 15.8 Å². The number of nitrogens with zero attached hydrogens (tertiary/aromatic N) is 2. The van der Waals surface area contributed by atoms with Crippen LogP contribution in [0.5, 0.6) is 5.75 Å². The van der Waals surface area contributed by atoms with Crippen LogP contribution in [0.4, 0.5) is 5.95 Å². The van der Waals surface area contributed by atoms with Gasteiger partial charge in [-0.15, -0.1) is 11.3 Å². The molecule has 6 nitrogen and oxygen atoms in total. The maximum absolute atomic E-state index is 13.0. The fraction of sp³-hybridized carbons (Fsp3) is 0.294. The lowest BCUT2D eigenvalue weighted by molar-refractivity contribution is 0.415. The van der Waals surface area contributed by atoms with Gasteiger partial charge in [0.1, 0.15) is 10.6 Å². The van der Waals surface area contributed by atoms with Crippen LogP contribution in [0, 0.1) is 0 Å². The predicted molar refractivity (Wildman–Crippen MR) is 99.1 cm³/mol. The fourth-order valence-electron chi connectivity index (χ4n) is 2.62. The van der Waals surface area contributed by atoms with Gasteiger partial charge in [-0.25, -0.2) is 4.98 Å². The molecule has 1 aromatic carbocycles. The third-order valence-corrected chi connectivity index (χ3v) is 4.71. The highest BCUT2D eigenvalue weighted by molar-refractivity contribution is 7.17. The van der Waals surface area contributed by atoms with Crippen molar-refractivity contribution in [3.63, 3.8) is 0 Å². The van der Waals surface area contributed by atoms with Gasteiger partial charge in [-0.05, 0) is 24.6 Å². The molecule has 3 aromatic rings. The SMILES string of the molecule is CCn1c(NCCN)nc2scc(-c3ccc(OC)cc3)c2c1=O. The van der Waals surface area contributed by atoms with Crippen LogP contribution in [-0.4, -0.2) is 29.8 Å². The van der Waals surface area contributed by atoms with E-state index in [1.807, 2.05) is 36.6 Å². The normalized spacial score (nSPS) is 11.0. The zero-order valence-corrected chi connectivity index (χ0v) is 14.5. The molecule has 0 saturated heterocycles. The van der Waals surface area contributed by atoms with E-state index in [1.165, 1.54) is 11.3 Å². The van der Waals surface area contributed by atoms with Crippen molar-refractivity contribution in [2.24, 2.45) is 5.73 Å². The molecule has 0 amide bonds. The van der Waals surface area contributed by atoms with Gasteiger partial charge >= 0.3 is 0 Å². The maximum atomic E-state index is 13.0. The highest BCUT2D eigenvalue weighted by Crippen LogP contribution is 2.32. The van der Waals surface area contributed by atoms with E-state index in [0.717, 1.165) is 21.7 Å². The molecule has 126 valence electrons. The summed E-state index contributed by atoms with van der Waals surface area (Å²) < 4.78 is 6.84. The second-order valence-electron chi connectivity index (χ2n) is 5.26. The lowest BCUT2D eigenvalue weighted by Gasteiger charge is -2.12. The Labute approximate surface area is 143 Å². The summed E-state index contributed by atoms with van der Waals surface area (Å²) in [6.07, 6.45) is 0. The molecule has 0 unspecified atom stereocenters. The van der Waals surface area contributed by atoms with E-state index in [0.29, 0.717) is 31.0 Å². The molecule has 0 fully saturated rings. The minimum atomic E-state index is -0.0333. The molecule has 3 rings (SSSR count). The van der Waals surface area contributed by atoms with Crippen molar-refractivity contribution in [2.45, 2.75) is 13.5 Å². The minimum Gasteiger partial charge on any atom is -0.497 e. The number of hydrogen-bond donors (Lipinski definition) is 2. The summed E-state index contributed by atoms with van der Waals surface area (Å²) in [5.74, 6) is 1.36. The summed E-state index contributed by atoms with van der Waals surface area (Å²) in [6.45, 7) is 3.54. The summed E-state index contributed by atoms with van der Waals surface area (Å²) in [6, 6.07) is 7.69. The first-order valence-corrected chi connectivity index (χ1v) is 8.68. The molecule has 2 aromatic heterocycles. The van der Waals surface area contributed by atoms with Crippen LogP contribution in [0.2, 0.25) is 0 Å². The number of fused-ring (bicyclic) bond motifs is 1. The first kappa shape index (κ1) is 16.5. The average Bonchev–Trinajstić information content (AvgIpc) is 3.04. The second-order valence-corrected chi connectivity index (χ2v) is 6.12. The van der Waals surface area contributed by atoms with Gasteiger partial charge in [0.2, 0.25) is 5.95 Å². The molecular weight excluding hydrogens is 324 g/mol. The smallest absolute Gasteiger partial charge is 0.264 e. The maximum Gasteiger partial charge on any atom is 0.264 e. The number of aromatic nitrogens is 2. The first-order valence-electron chi connectivity index (χ1n) is 7.80. The zero-order chi connectivity index (χ0) is 17.1. The predicted octanol–water partition coefficient (Wildman–Crippen LogP) is 2.52. The summed E-state index contributed by atoms with van der Waals surface area (Å²) in [4.78, 5) is 18.3. The summed E-state index contributed by atoms with van der Waals surface area (Å²) >= 11 is 1.47. The molecule has 0 atom stereocenters. The molecular formula is C17H20N4O2S. The Morgan fingerprint density at radius 2 is 2.08 bits per heavy atom. The van der Waals surface area contributed by atoms with Crippen molar-refractivity contribution >= 4 is 27.5 Å². The van der Waals surface area contributed by atoms with Gasteiger partial charge in [-0.2, -0.15) is 0 Å². The third kappa shape index (κ3) is 2.88. The fourth-order valence-corrected chi connectivity index (χ4v) is 3.56. The number of nitrogens with one attached hydrogen (secondary N) is 1. The van der Waals surface area contributed by atoms with E-state index < -0.39 is 0 Å². The van der Waals surface area contributed by atoms with Crippen molar-refractivity contribution in [1.29, 1.82) is 0 Å². The molecule has 0 saturated carbocycles. The largest absolute Gasteiger partial charge is 0.497 e. The minimum absolute atomic E-state index is 0.0333. The van der Waals surface area contributed by atoms with Crippen LogP contribution < -0.4 is 21.3 Å². The number of anilines is 1. The number of benzene rings is 1. The van der Waals surface area contributed by atoms with E-state index in [4.69, 9.17) is 10.5 Å². The van der Waals surface area contributed by atoms with E-state index in [1.54, 1.807) is 11.7 Å². The van der Waals surface area contributed by atoms with Crippen LogP contribution in [0.1, 0.15) is 6.92 Å².